The molecule has 0 aliphatic heterocycles. The SMILES string of the molecule is CNC(=O)[C@H](C)N(Cc1cccc(Cl)c1)C(=O)CN(c1cccc(Cl)c1C)S(=O)(=O)c1ccc(C)cc1. The molecule has 0 aliphatic carbocycles. The number of amides is 2. The third-order valence-electron chi connectivity index (χ3n) is 6.05. The fourth-order valence-corrected chi connectivity index (χ4v) is 5.69. The van der Waals surface area contributed by atoms with Gasteiger partial charge in [-0.05, 0) is 68.3 Å². The van der Waals surface area contributed by atoms with E-state index in [0.29, 0.717) is 21.2 Å². The van der Waals surface area contributed by atoms with Crippen molar-refractivity contribution in [2.24, 2.45) is 0 Å². The lowest BCUT2D eigenvalue weighted by Crippen LogP contribution is -2.50. The molecule has 0 heterocycles. The van der Waals surface area contributed by atoms with E-state index in [1.807, 2.05) is 6.92 Å². The Morgan fingerprint density at radius 3 is 2.24 bits per heavy atom. The second-order valence-corrected chi connectivity index (χ2v) is 11.4. The van der Waals surface area contributed by atoms with Crippen LogP contribution in [0, 0.1) is 13.8 Å². The van der Waals surface area contributed by atoms with Gasteiger partial charge in [0.05, 0.1) is 10.6 Å². The molecular weight excluding hydrogens is 533 g/mol. The van der Waals surface area contributed by atoms with E-state index in [0.717, 1.165) is 9.87 Å². The van der Waals surface area contributed by atoms with Crippen molar-refractivity contribution in [2.75, 3.05) is 17.9 Å². The summed E-state index contributed by atoms with van der Waals surface area (Å²) in [5.74, 6) is -0.951. The van der Waals surface area contributed by atoms with Crippen LogP contribution in [0.1, 0.15) is 23.6 Å². The molecule has 3 aromatic rings. The summed E-state index contributed by atoms with van der Waals surface area (Å²) in [6.45, 7) is 4.65. The normalized spacial score (nSPS) is 12.1. The summed E-state index contributed by atoms with van der Waals surface area (Å²) < 4.78 is 28.7. The van der Waals surface area contributed by atoms with Crippen LogP contribution in [-0.4, -0.2) is 44.8 Å². The predicted octanol–water partition coefficient (Wildman–Crippen LogP) is 4.97. The summed E-state index contributed by atoms with van der Waals surface area (Å²) in [5.41, 5.74) is 2.38. The van der Waals surface area contributed by atoms with Crippen LogP contribution in [0.5, 0.6) is 0 Å². The Kier molecular flexibility index (Phi) is 9.23. The van der Waals surface area contributed by atoms with E-state index in [9.17, 15) is 18.0 Å². The lowest BCUT2D eigenvalue weighted by atomic mass is 10.1. The number of halogens is 2. The zero-order chi connectivity index (χ0) is 27.3. The van der Waals surface area contributed by atoms with Gasteiger partial charge in [-0.2, -0.15) is 0 Å². The zero-order valence-corrected chi connectivity index (χ0v) is 23.4. The molecule has 3 rings (SSSR count). The summed E-state index contributed by atoms with van der Waals surface area (Å²) in [7, 11) is -2.69. The molecule has 196 valence electrons. The van der Waals surface area contributed by atoms with Gasteiger partial charge in [0, 0.05) is 23.6 Å². The van der Waals surface area contributed by atoms with Crippen molar-refractivity contribution in [3.63, 3.8) is 0 Å². The van der Waals surface area contributed by atoms with Crippen molar-refractivity contribution >= 4 is 50.7 Å². The number of anilines is 1. The van der Waals surface area contributed by atoms with E-state index >= 15 is 0 Å². The molecule has 1 atom stereocenters. The second kappa shape index (κ2) is 12.0. The van der Waals surface area contributed by atoms with Crippen molar-refractivity contribution in [3.05, 3.63) is 93.5 Å². The average Bonchev–Trinajstić information content (AvgIpc) is 2.87. The zero-order valence-electron chi connectivity index (χ0n) is 21.0. The van der Waals surface area contributed by atoms with Gasteiger partial charge in [-0.25, -0.2) is 8.42 Å². The van der Waals surface area contributed by atoms with Crippen LogP contribution in [0.2, 0.25) is 10.0 Å². The van der Waals surface area contributed by atoms with Crippen LogP contribution in [-0.2, 0) is 26.2 Å². The van der Waals surface area contributed by atoms with Crippen LogP contribution in [0.3, 0.4) is 0 Å². The minimum atomic E-state index is -4.16. The van der Waals surface area contributed by atoms with Gasteiger partial charge in [-0.1, -0.05) is 59.1 Å². The highest BCUT2D eigenvalue weighted by atomic mass is 35.5. The molecule has 0 spiro atoms. The molecule has 0 aromatic heterocycles. The molecule has 0 unspecified atom stereocenters. The van der Waals surface area contributed by atoms with Crippen molar-refractivity contribution in [1.82, 2.24) is 10.2 Å². The number of hydrogen-bond acceptors (Lipinski definition) is 4. The first-order chi connectivity index (χ1) is 17.4. The van der Waals surface area contributed by atoms with Crippen LogP contribution in [0.4, 0.5) is 5.69 Å². The monoisotopic (exact) mass is 561 g/mol. The van der Waals surface area contributed by atoms with E-state index in [2.05, 4.69) is 5.32 Å². The molecule has 0 saturated heterocycles. The highest BCUT2D eigenvalue weighted by molar-refractivity contribution is 7.92. The van der Waals surface area contributed by atoms with E-state index in [4.69, 9.17) is 23.2 Å². The summed E-state index contributed by atoms with van der Waals surface area (Å²) in [6.07, 6.45) is 0. The molecule has 10 heteroatoms. The molecule has 0 saturated carbocycles. The standard InChI is InChI=1S/C27H29Cl2N3O4S/c1-18-11-13-23(14-12-18)37(35,36)32(25-10-6-9-24(29)19(25)2)17-26(33)31(20(3)27(34)30-4)16-21-7-5-8-22(28)15-21/h5-15,20H,16-17H2,1-4H3,(H,30,34)/t20-/m0/s1. The number of nitrogens with one attached hydrogen (secondary N) is 1. The molecular formula is C27H29Cl2N3O4S. The summed E-state index contributed by atoms with van der Waals surface area (Å²) in [5, 5.41) is 3.40. The van der Waals surface area contributed by atoms with Crippen molar-refractivity contribution in [3.8, 4) is 0 Å². The maximum Gasteiger partial charge on any atom is 0.264 e. The molecule has 1 N–H and O–H groups in total. The maximum absolute atomic E-state index is 13.8. The average molecular weight is 563 g/mol. The Morgan fingerprint density at radius 2 is 1.62 bits per heavy atom. The lowest BCUT2D eigenvalue weighted by molar-refractivity contribution is -0.139. The molecule has 37 heavy (non-hydrogen) atoms. The molecule has 2 amide bonds. The molecule has 7 nitrogen and oxygen atoms in total. The Morgan fingerprint density at radius 1 is 0.973 bits per heavy atom. The summed E-state index contributed by atoms with van der Waals surface area (Å²) in [4.78, 5) is 27.7. The van der Waals surface area contributed by atoms with Crippen LogP contribution < -0.4 is 9.62 Å². The minimum Gasteiger partial charge on any atom is -0.357 e. The first-order valence-electron chi connectivity index (χ1n) is 11.6. The van der Waals surface area contributed by atoms with Crippen molar-refractivity contribution in [1.29, 1.82) is 0 Å². The number of aryl methyl sites for hydroxylation is 1. The smallest absolute Gasteiger partial charge is 0.264 e. The van der Waals surface area contributed by atoms with Gasteiger partial charge in [0.25, 0.3) is 10.0 Å². The third kappa shape index (κ3) is 6.63. The van der Waals surface area contributed by atoms with Crippen molar-refractivity contribution < 1.29 is 18.0 Å². The highest BCUT2D eigenvalue weighted by Gasteiger charge is 2.33. The van der Waals surface area contributed by atoms with Crippen LogP contribution in [0.25, 0.3) is 0 Å². The Bertz CT molecular complexity index is 1400. The molecule has 0 fully saturated rings. The Labute approximate surface area is 228 Å². The highest BCUT2D eigenvalue weighted by Crippen LogP contribution is 2.31. The topological polar surface area (TPSA) is 86.8 Å². The fourth-order valence-electron chi connectivity index (χ4n) is 3.84. The first-order valence-corrected chi connectivity index (χ1v) is 13.7. The van der Waals surface area contributed by atoms with Gasteiger partial charge in [-0.3, -0.25) is 13.9 Å². The second-order valence-electron chi connectivity index (χ2n) is 8.65. The Balaban J connectivity index is 2.08. The van der Waals surface area contributed by atoms with Crippen LogP contribution >= 0.6 is 23.2 Å². The summed E-state index contributed by atoms with van der Waals surface area (Å²) in [6, 6.07) is 17.3. The largest absolute Gasteiger partial charge is 0.357 e. The lowest BCUT2D eigenvalue weighted by Gasteiger charge is -2.32. The van der Waals surface area contributed by atoms with Crippen LogP contribution in [0.15, 0.2) is 71.6 Å². The van der Waals surface area contributed by atoms with Gasteiger partial charge in [0.2, 0.25) is 11.8 Å². The first kappa shape index (κ1) is 28.5. The van der Waals surface area contributed by atoms with E-state index in [1.165, 1.54) is 24.1 Å². The molecule has 3 aromatic carbocycles. The number of sulfonamides is 1. The predicted molar refractivity (Wildman–Crippen MR) is 147 cm³/mol. The van der Waals surface area contributed by atoms with E-state index in [1.54, 1.807) is 68.4 Å². The molecule has 0 bridgehead atoms. The van der Waals surface area contributed by atoms with E-state index < -0.39 is 28.5 Å². The fraction of sp³-hybridized carbons (Fsp3) is 0.259. The summed E-state index contributed by atoms with van der Waals surface area (Å²) >= 11 is 12.5. The number of nitrogens with zero attached hydrogens (tertiary/aromatic N) is 2. The minimum absolute atomic E-state index is 0.0333. The quantitative estimate of drug-likeness (QED) is 0.399. The number of carbonyl (C=O) groups excluding carboxylic acids is 2. The van der Waals surface area contributed by atoms with E-state index in [-0.39, 0.29) is 23.0 Å². The number of likely N-dealkylation sites (N-methyl/N-ethyl adjacent to an activating group) is 1. The number of benzene rings is 3. The van der Waals surface area contributed by atoms with Gasteiger partial charge in [-0.15, -0.1) is 0 Å². The van der Waals surface area contributed by atoms with Crippen molar-refractivity contribution in [2.45, 2.75) is 38.3 Å². The number of hydrogen-bond donors (Lipinski definition) is 1. The Hall–Kier alpha value is -3.07. The maximum atomic E-state index is 13.8. The van der Waals surface area contributed by atoms with Gasteiger partial charge >= 0.3 is 0 Å². The van der Waals surface area contributed by atoms with Gasteiger partial charge in [0.1, 0.15) is 12.6 Å². The number of rotatable bonds is 9. The van der Waals surface area contributed by atoms with Gasteiger partial charge in [0.15, 0.2) is 0 Å². The molecule has 0 radical (unpaired) electrons. The third-order valence-corrected chi connectivity index (χ3v) is 8.47. The molecule has 0 aliphatic rings. The van der Waals surface area contributed by atoms with Gasteiger partial charge < -0.3 is 10.2 Å². The number of carbonyl (C=O) groups is 2.